The lowest BCUT2D eigenvalue weighted by Crippen LogP contribution is -2.36. The van der Waals surface area contributed by atoms with Crippen molar-refractivity contribution in [3.05, 3.63) is 0 Å². The fraction of sp³-hybridized carbons (Fsp3) is 0.857. The van der Waals surface area contributed by atoms with Crippen LogP contribution in [0, 0.1) is 17.8 Å². The van der Waals surface area contributed by atoms with Crippen LogP contribution in [0.3, 0.4) is 0 Å². The first-order valence-electron chi connectivity index (χ1n) is 7.08. The van der Waals surface area contributed by atoms with E-state index in [-0.39, 0.29) is 29.8 Å². The molecular formula is C14H25NO4. The summed E-state index contributed by atoms with van der Waals surface area (Å²) in [4.78, 5) is 22.8. The number of carbonyl (C=O) groups is 2. The van der Waals surface area contributed by atoms with Gasteiger partial charge < -0.3 is 15.5 Å². The van der Waals surface area contributed by atoms with Crippen LogP contribution >= 0.6 is 0 Å². The Bertz CT molecular complexity index is 309. The van der Waals surface area contributed by atoms with Crippen LogP contribution in [0.4, 0.5) is 0 Å². The molecule has 19 heavy (non-hydrogen) atoms. The van der Waals surface area contributed by atoms with Gasteiger partial charge in [0.15, 0.2) is 0 Å². The topological polar surface area (TPSA) is 86.6 Å². The molecule has 0 bridgehead atoms. The summed E-state index contributed by atoms with van der Waals surface area (Å²) < 4.78 is 0. The van der Waals surface area contributed by atoms with Crippen molar-refractivity contribution < 1.29 is 19.8 Å². The molecule has 1 saturated carbocycles. The van der Waals surface area contributed by atoms with Gasteiger partial charge >= 0.3 is 5.97 Å². The second-order valence-corrected chi connectivity index (χ2v) is 5.82. The van der Waals surface area contributed by atoms with Gasteiger partial charge in [-0.1, -0.05) is 6.92 Å². The summed E-state index contributed by atoms with van der Waals surface area (Å²) >= 11 is 0. The Labute approximate surface area is 114 Å². The van der Waals surface area contributed by atoms with Crippen LogP contribution in [-0.4, -0.2) is 34.7 Å². The average Bonchev–Trinajstić information content (AvgIpc) is 2.35. The summed E-state index contributed by atoms with van der Waals surface area (Å²) in [6, 6.07) is 0. The fourth-order valence-corrected chi connectivity index (χ4v) is 2.69. The molecule has 0 spiro atoms. The molecule has 3 N–H and O–H groups in total. The molecular weight excluding hydrogens is 246 g/mol. The summed E-state index contributed by atoms with van der Waals surface area (Å²) in [6.45, 7) is 4.31. The van der Waals surface area contributed by atoms with E-state index in [9.17, 15) is 14.7 Å². The second kappa shape index (κ2) is 7.48. The van der Waals surface area contributed by atoms with Gasteiger partial charge in [0.05, 0.1) is 12.0 Å². The van der Waals surface area contributed by atoms with E-state index in [1.807, 2.05) is 6.92 Å². The Kier molecular flexibility index (Phi) is 6.28. The molecule has 0 aromatic heterocycles. The van der Waals surface area contributed by atoms with Crippen LogP contribution in [0.15, 0.2) is 0 Å². The maximum atomic E-state index is 11.9. The lowest BCUT2D eigenvalue weighted by atomic mass is 9.81. The van der Waals surface area contributed by atoms with Crippen LogP contribution in [0.25, 0.3) is 0 Å². The number of hydrogen-bond donors (Lipinski definition) is 3. The van der Waals surface area contributed by atoms with Gasteiger partial charge in [-0.15, -0.1) is 0 Å². The summed E-state index contributed by atoms with van der Waals surface area (Å²) in [7, 11) is 0. The number of aliphatic hydroxyl groups excluding tert-OH is 1. The number of carboxylic acids is 1. The van der Waals surface area contributed by atoms with E-state index in [1.54, 1.807) is 6.92 Å². The molecule has 1 fully saturated rings. The molecule has 5 heteroatoms. The van der Waals surface area contributed by atoms with E-state index < -0.39 is 5.97 Å². The highest BCUT2D eigenvalue weighted by Gasteiger charge is 2.29. The zero-order valence-corrected chi connectivity index (χ0v) is 11.8. The number of aliphatic carboxylic acids is 1. The number of rotatable bonds is 6. The molecule has 2 unspecified atom stereocenters. The van der Waals surface area contributed by atoms with Gasteiger partial charge in [-0.05, 0) is 44.9 Å². The smallest absolute Gasteiger partial charge is 0.306 e. The molecule has 0 aromatic carbocycles. The predicted molar refractivity (Wildman–Crippen MR) is 71.6 cm³/mol. The normalized spacial score (nSPS) is 26.5. The van der Waals surface area contributed by atoms with Crippen molar-refractivity contribution in [2.24, 2.45) is 17.8 Å². The molecule has 0 saturated heterocycles. The molecule has 1 rings (SSSR count). The monoisotopic (exact) mass is 271 g/mol. The van der Waals surface area contributed by atoms with Crippen LogP contribution in [-0.2, 0) is 9.59 Å². The van der Waals surface area contributed by atoms with Crippen molar-refractivity contribution in [1.82, 2.24) is 5.32 Å². The highest BCUT2D eigenvalue weighted by molar-refractivity contribution is 5.79. The SMILES string of the molecule is CC(O)CC(C)CNC(=O)C1CCC(C(=O)O)CC1. The third-order valence-corrected chi connectivity index (χ3v) is 3.82. The first kappa shape index (κ1) is 16.0. The van der Waals surface area contributed by atoms with Gasteiger partial charge in [0.2, 0.25) is 5.91 Å². The third kappa shape index (κ3) is 5.59. The highest BCUT2D eigenvalue weighted by Crippen LogP contribution is 2.29. The van der Waals surface area contributed by atoms with E-state index >= 15 is 0 Å². The summed E-state index contributed by atoms with van der Waals surface area (Å²) in [6.07, 6.45) is 2.83. The van der Waals surface area contributed by atoms with Gasteiger partial charge in [0.25, 0.3) is 0 Å². The molecule has 0 heterocycles. The predicted octanol–water partition coefficient (Wildman–Crippen LogP) is 1.40. The van der Waals surface area contributed by atoms with Gasteiger partial charge in [-0.3, -0.25) is 9.59 Å². The zero-order valence-electron chi connectivity index (χ0n) is 11.8. The van der Waals surface area contributed by atoms with Crippen molar-refractivity contribution >= 4 is 11.9 Å². The maximum absolute atomic E-state index is 11.9. The Morgan fingerprint density at radius 3 is 2.16 bits per heavy atom. The van der Waals surface area contributed by atoms with Gasteiger partial charge in [-0.2, -0.15) is 0 Å². The van der Waals surface area contributed by atoms with E-state index in [1.165, 1.54) is 0 Å². The van der Waals surface area contributed by atoms with E-state index in [0.29, 0.717) is 38.6 Å². The van der Waals surface area contributed by atoms with E-state index in [0.717, 1.165) is 0 Å². The summed E-state index contributed by atoms with van der Waals surface area (Å²) in [5, 5.41) is 21.1. The lowest BCUT2D eigenvalue weighted by Gasteiger charge is -2.25. The van der Waals surface area contributed by atoms with Crippen molar-refractivity contribution in [2.75, 3.05) is 6.54 Å². The first-order chi connectivity index (χ1) is 8.90. The first-order valence-corrected chi connectivity index (χ1v) is 7.08. The molecule has 0 aliphatic heterocycles. The van der Waals surface area contributed by atoms with Crippen LogP contribution < -0.4 is 5.32 Å². The molecule has 0 aromatic rings. The third-order valence-electron chi connectivity index (χ3n) is 3.82. The summed E-state index contributed by atoms with van der Waals surface area (Å²) in [5.41, 5.74) is 0. The standard InChI is InChI=1S/C14H25NO4/c1-9(7-10(2)16)8-15-13(17)11-3-5-12(6-4-11)14(18)19/h9-12,16H,3-8H2,1-2H3,(H,15,17)(H,18,19). The largest absolute Gasteiger partial charge is 0.481 e. The minimum absolute atomic E-state index is 0.0290. The molecule has 2 atom stereocenters. The fourth-order valence-electron chi connectivity index (χ4n) is 2.69. The molecule has 110 valence electrons. The van der Waals surface area contributed by atoms with Crippen molar-refractivity contribution in [3.8, 4) is 0 Å². The zero-order chi connectivity index (χ0) is 14.4. The molecule has 1 amide bonds. The number of amides is 1. The average molecular weight is 271 g/mol. The van der Waals surface area contributed by atoms with Crippen LogP contribution in [0.2, 0.25) is 0 Å². The van der Waals surface area contributed by atoms with Crippen LogP contribution in [0.1, 0.15) is 46.0 Å². The highest BCUT2D eigenvalue weighted by atomic mass is 16.4. The Morgan fingerprint density at radius 1 is 1.16 bits per heavy atom. The Balaban J connectivity index is 2.26. The second-order valence-electron chi connectivity index (χ2n) is 5.82. The van der Waals surface area contributed by atoms with Crippen molar-refractivity contribution in [2.45, 2.75) is 52.1 Å². The van der Waals surface area contributed by atoms with Crippen molar-refractivity contribution in [1.29, 1.82) is 0 Å². The number of hydrogen-bond acceptors (Lipinski definition) is 3. The number of aliphatic hydroxyl groups is 1. The quantitative estimate of drug-likeness (QED) is 0.681. The lowest BCUT2D eigenvalue weighted by molar-refractivity contribution is -0.144. The van der Waals surface area contributed by atoms with Crippen molar-refractivity contribution in [3.63, 3.8) is 0 Å². The number of carboxylic acid groups (broad SMARTS) is 1. The molecule has 1 aliphatic rings. The summed E-state index contributed by atoms with van der Waals surface area (Å²) in [5.74, 6) is -0.794. The minimum atomic E-state index is -0.746. The van der Waals surface area contributed by atoms with E-state index in [4.69, 9.17) is 5.11 Å². The van der Waals surface area contributed by atoms with Gasteiger partial charge in [0.1, 0.15) is 0 Å². The molecule has 1 aliphatic carbocycles. The maximum Gasteiger partial charge on any atom is 0.306 e. The Hall–Kier alpha value is -1.10. The van der Waals surface area contributed by atoms with Gasteiger partial charge in [0, 0.05) is 12.5 Å². The Morgan fingerprint density at radius 2 is 1.68 bits per heavy atom. The van der Waals surface area contributed by atoms with Crippen LogP contribution in [0.5, 0.6) is 0 Å². The molecule has 5 nitrogen and oxygen atoms in total. The van der Waals surface area contributed by atoms with E-state index in [2.05, 4.69) is 5.32 Å². The molecule has 0 radical (unpaired) electrons. The number of nitrogens with one attached hydrogen (secondary N) is 1. The van der Waals surface area contributed by atoms with Gasteiger partial charge in [-0.25, -0.2) is 0 Å². The minimum Gasteiger partial charge on any atom is -0.481 e. The number of carbonyl (C=O) groups excluding carboxylic acids is 1.